The molecule has 1 aromatic rings. The first-order chi connectivity index (χ1) is 7.16. The van der Waals surface area contributed by atoms with E-state index in [1.54, 1.807) is 16.8 Å². The summed E-state index contributed by atoms with van der Waals surface area (Å²) in [6.07, 6.45) is 2.81. The Kier molecular flexibility index (Phi) is 2.90. The van der Waals surface area contributed by atoms with Gasteiger partial charge in [-0.1, -0.05) is 0 Å². The van der Waals surface area contributed by atoms with Gasteiger partial charge in [0.1, 0.15) is 5.69 Å². The van der Waals surface area contributed by atoms with Crippen molar-refractivity contribution < 1.29 is 4.79 Å². The van der Waals surface area contributed by atoms with Gasteiger partial charge in [0.2, 0.25) is 0 Å². The second-order valence-corrected chi connectivity index (χ2v) is 4.95. The van der Waals surface area contributed by atoms with E-state index in [9.17, 15) is 4.79 Å². The van der Waals surface area contributed by atoms with Crippen molar-refractivity contribution in [1.82, 2.24) is 9.88 Å². The number of aryl methyl sites for hydroxylation is 1. The molecule has 0 aromatic carbocycles. The third-order valence-electron chi connectivity index (χ3n) is 2.52. The third-order valence-corrected chi connectivity index (χ3v) is 3.69. The Labute approximate surface area is 93.2 Å². The zero-order valence-corrected chi connectivity index (χ0v) is 9.51. The fourth-order valence-corrected chi connectivity index (χ4v) is 2.88. The maximum Gasteiger partial charge on any atom is 0.268 e. The van der Waals surface area contributed by atoms with Gasteiger partial charge in [-0.15, -0.1) is 0 Å². The second kappa shape index (κ2) is 4.18. The Morgan fingerprint density at radius 1 is 1.73 bits per heavy atom. The second-order valence-electron chi connectivity index (χ2n) is 3.80. The monoisotopic (exact) mass is 225 g/mol. The van der Waals surface area contributed by atoms with E-state index in [4.69, 9.17) is 5.73 Å². The molecule has 15 heavy (non-hydrogen) atoms. The Morgan fingerprint density at radius 2 is 2.53 bits per heavy atom. The van der Waals surface area contributed by atoms with Gasteiger partial charge in [0.25, 0.3) is 5.91 Å². The Balaban J connectivity index is 2.03. The maximum atomic E-state index is 11.8. The van der Waals surface area contributed by atoms with Crippen LogP contribution in [0.15, 0.2) is 12.3 Å². The maximum absolute atomic E-state index is 11.8. The molecule has 0 saturated carbocycles. The molecule has 1 atom stereocenters. The van der Waals surface area contributed by atoms with E-state index < -0.39 is 0 Å². The molecular weight excluding hydrogens is 210 g/mol. The minimum absolute atomic E-state index is 0.0262. The number of thioether (sulfide) groups is 1. The molecule has 0 spiro atoms. The van der Waals surface area contributed by atoms with Crippen molar-refractivity contribution in [3.05, 3.63) is 18.0 Å². The fraction of sp³-hybridized carbons (Fsp3) is 0.500. The van der Waals surface area contributed by atoms with E-state index in [-0.39, 0.29) is 5.91 Å². The van der Waals surface area contributed by atoms with Crippen LogP contribution >= 0.6 is 11.8 Å². The third kappa shape index (κ3) is 2.28. The highest BCUT2D eigenvalue weighted by atomic mass is 32.2. The predicted molar refractivity (Wildman–Crippen MR) is 63.0 cm³/mol. The molecule has 2 rings (SSSR count). The number of hydrogen-bond donors (Lipinski definition) is 2. The lowest BCUT2D eigenvalue weighted by Crippen LogP contribution is -2.35. The van der Waals surface area contributed by atoms with Crippen molar-refractivity contribution in [2.24, 2.45) is 7.05 Å². The van der Waals surface area contributed by atoms with Gasteiger partial charge in [0.05, 0.1) is 5.69 Å². The summed E-state index contributed by atoms with van der Waals surface area (Å²) >= 11 is 1.88. The number of nitrogens with two attached hydrogens (primary N) is 1. The number of rotatable bonds is 2. The van der Waals surface area contributed by atoms with Crippen LogP contribution in [0.1, 0.15) is 16.9 Å². The lowest BCUT2D eigenvalue weighted by molar-refractivity contribution is 0.0933. The molecule has 3 N–H and O–H groups in total. The molecule has 1 unspecified atom stereocenters. The molecule has 5 heteroatoms. The molecule has 0 bridgehead atoms. The SMILES string of the molecule is Cn1cc(N)cc1C(=O)NC1CCSC1. The molecular formula is C10H15N3OS. The van der Waals surface area contributed by atoms with Crippen LogP contribution in [0.4, 0.5) is 5.69 Å². The van der Waals surface area contributed by atoms with Crippen molar-refractivity contribution in [1.29, 1.82) is 0 Å². The Hall–Kier alpha value is -1.10. The molecule has 1 aromatic heterocycles. The number of carbonyl (C=O) groups excluding carboxylic acids is 1. The summed E-state index contributed by atoms with van der Waals surface area (Å²) in [7, 11) is 1.83. The van der Waals surface area contributed by atoms with Crippen molar-refractivity contribution >= 4 is 23.4 Å². The molecule has 4 nitrogen and oxygen atoms in total. The number of nitrogens with one attached hydrogen (secondary N) is 1. The summed E-state index contributed by atoms with van der Waals surface area (Å²) in [6.45, 7) is 0. The standard InChI is InChI=1S/C10H15N3OS/c1-13-5-7(11)4-9(13)10(14)12-8-2-3-15-6-8/h4-5,8H,2-3,6,11H2,1H3,(H,12,14). The number of nitrogen functional groups attached to an aromatic ring is 1. The van der Waals surface area contributed by atoms with Gasteiger partial charge in [-0.2, -0.15) is 11.8 Å². The molecule has 1 saturated heterocycles. The topological polar surface area (TPSA) is 60.0 Å². The average molecular weight is 225 g/mol. The van der Waals surface area contributed by atoms with Crippen molar-refractivity contribution in [2.45, 2.75) is 12.5 Å². The van der Waals surface area contributed by atoms with E-state index in [0.717, 1.165) is 17.9 Å². The van der Waals surface area contributed by atoms with Crippen LogP contribution < -0.4 is 11.1 Å². The molecule has 1 aliphatic rings. The Bertz CT molecular complexity index is 369. The molecule has 2 heterocycles. The lowest BCUT2D eigenvalue weighted by Gasteiger charge is -2.11. The molecule has 0 aliphatic carbocycles. The van der Waals surface area contributed by atoms with Crippen LogP contribution in [0.3, 0.4) is 0 Å². The Morgan fingerprint density at radius 3 is 3.07 bits per heavy atom. The van der Waals surface area contributed by atoms with Crippen LogP contribution in [0, 0.1) is 0 Å². The molecule has 0 radical (unpaired) electrons. The number of carbonyl (C=O) groups is 1. The number of amides is 1. The van der Waals surface area contributed by atoms with Crippen LogP contribution in [0.2, 0.25) is 0 Å². The largest absolute Gasteiger partial charge is 0.397 e. The summed E-state index contributed by atoms with van der Waals surface area (Å²) in [5, 5.41) is 3.01. The van der Waals surface area contributed by atoms with Gasteiger partial charge < -0.3 is 15.6 Å². The van der Waals surface area contributed by atoms with Crippen molar-refractivity contribution in [3.63, 3.8) is 0 Å². The lowest BCUT2D eigenvalue weighted by atomic mass is 10.2. The van der Waals surface area contributed by atoms with E-state index in [1.165, 1.54) is 0 Å². The van der Waals surface area contributed by atoms with Crippen LogP contribution in [0.25, 0.3) is 0 Å². The van der Waals surface area contributed by atoms with Gasteiger partial charge in [0, 0.05) is 25.0 Å². The summed E-state index contributed by atoms with van der Waals surface area (Å²) in [5.41, 5.74) is 6.88. The zero-order valence-electron chi connectivity index (χ0n) is 8.69. The summed E-state index contributed by atoms with van der Waals surface area (Å²) in [5.74, 6) is 2.13. The minimum Gasteiger partial charge on any atom is -0.397 e. The van der Waals surface area contributed by atoms with E-state index in [2.05, 4.69) is 5.32 Å². The highest BCUT2D eigenvalue weighted by Crippen LogP contribution is 2.18. The number of aromatic nitrogens is 1. The zero-order chi connectivity index (χ0) is 10.8. The van der Waals surface area contributed by atoms with Gasteiger partial charge in [0.15, 0.2) is 0 Å². The first kappa shape index (κ1) is 10.4. The van der Waals surface area contributed by atoms with Gasteiger partial charge in [-0.25, -0.2) is 0 Å². The summed E-state index contributed by atoms with van der Waals surface area (Å²) < 4.78 is 1.76. The molecule has 82 valence electrons. The van der Waals surface area contributed by atoms with E-state index in [0.29, 0.717) is 17.4 Å². The minimum atomic E-state index is -0.0262. The van der Waals surface area contributed by atoms with Crippen molar-refractivity contribution in [3.8, 4) is 0 Å². The number of anilines is 1. The highest BCUT2D eigenvalue weighted by Gasteiger charge is 2.19. The summed E-state index contributed by atoms with van der Waals surface area (Å²) in [6, 6.07) is 2.02. The van der Waals surface area contributed by atoms with Gasteiger partial charge in [-0.3, -0.25) is 4.79 Å². The molecule has 1 amide bonds. The van der Waals surface area contributed by atoms with Crippen molar-refractivity contribution in [2.75, 3.05) is 17.2 Å². The molecule has 1 fully saturated rings. The van der Waals surface area contributed by atoms with E-state index in [1.807, 2.05) is 18.8 Å². The molecule has 1 aliphatic heterocycles. The predicted octanol–water partition coefficient (Wildman–Crippen LogP) is 0.843. The normalized spacial score (nSPS) is 20.5. The fourth-order valence-electron chi connectivity index (χ4n) is 1.72. The summed E-state index contributed by atoms with van der Waals surface area (Å²) in [4.78, 5) is 11.8. The first-order valence-electron chi connectivity index (χ1n) is 4.97. The van der Waals surface area contributed by atoms with Gasteiger partial charge in [-0.05, 0) is 18.2 Å². The smallest absolute Gasteiger partial charge is 0.268 e. The van der Waals surface area contributed by atoms with Crippen LogP contribution in [-0.2, 0) is 7.05 Å². The number of hydrogen-bond acceptors (Lipinski definition) is 3. The van der Waals surface area contributed by atoms with E-state index >= 15 is 0 Å². The van der Waals surface area contributed by atoms with Gasteiger partial charge >= 0.3 is 0 Å². The number of nitrogens with zero attached hydrogens (tertiary/aromatic N) is 1. The highest BCUT2D eigenvalue weighted by molar-refractivity contribution is 7.99. The average Bonchev–Trinajstić information content (AvgIpc) is 2.75. The quantitative estimate of drug-likeness (QED) is 0.784. The van der Waals surface area contributed by atoms with Crippen LogP contribution in [0.5, 0.6) is 0 Å². The van der Waals surface area contributed by atoms with Crippen LogP contribution in [-0.4, -0.2) is 28.0 Å². The first-order valence-corrected chi connectivity index (χ1v) is 6.13.